The summed E-state index contributed by atoms with van der Waals surface area (Å²) in [4.78, 5) is 11.9. The maximum Gasteiger partial charge on any atom is 0.220 e. The lowest BCUT2D eigenvalue weighted by molar-refractivity contribution is -0.121. The summed E-state index contributed by atoms with van der Waals surface area (Å²) in [6.45, 7) is 3.10. The monoisotopic (exact) mass is 260 g/mol. The van der Waals surface area contributed by atoms with Crippen molar-refractivity contribution in [3.63, 3.8) is 0 Å². The third-order valence-corrected chi connectivity index (χ3v) is 4.11. The molecule has 0 bridgehead atoms. The Morgan fingerprint density at radius 3 is 2.79 bits per heavy atom. The number of anilines is 1. The van der Waals surface area contributed by atoms with Gasteiger partial charge in [0.25, 0.3) is 0 Å². The van der Waals surface area contributed by atoms with Crippen LogP contribution < -0.4 is 11.1 Å². The molecule has 3 heteroatoms. The average molecular weight is 260 g/mol. The van der Waals surface area contributed by atoms with Gasteiger partial charge in [0, 0.05) is 18.7 Å². The molecule has 0 saturated heterocycles. The van der Waals surface area contributed by atoms with Crippen LogP contribution in [0.25, 0.3) is 0 Å². The maximum atomic E-state index is 11.9. The van der Waals surface area contributed by atoms with Crippen LogP contribution in [0.1, 0.15) is 44.6 Å². The lowest BCUT2D eigenvalue weighted by atomic mass is 9.89. The molecule has 0 aromatic heterocycles. The quantitative estimate of drug-likeness (QED) is 0.800. The van der Waals surface area contributed by atoms with Crippen molar-refractivity contribution in [2.24, 2.45) is 5.41 Å². The lowest BCUT2D eigenvalue weighted by Crippen LogP contribution is -2.34. The number of carbonyl (C=O) groups is 1. The van der Waals surface area contributed by atoms with Crippen molar-refractivity contribution in [1.29, 1.82) is 0 Å². The van der Waals surface area contributed by atoms with Crippen molar-refractivity contribution in [1.82, 2.24) is 5.32 Å². The molecule has 0 radical (unpaired) electrons. The summed E-state index contributed by atoms with van der Waals surface area (Å²) in [5.74, 6) is 0.149. The van der Waals surface area contributed by atoms with Gasteiger partial charge in [-0.1, -0.05) is 31.9 Å². The largest absolute Gasteiger partial charge is 0.399 e. The van der Waals surface area contributed by atoms with E-state index in [1.54, 1.807) is 0 Å². The van der Waals surface area contributed by atoms with Crippen molar-refractivity contribution in [3.05, 3.63) is 29.8 Å². The van der Waals surface area contributed by atoms with Crippen LogP contribution in [0.15, 0.2) is 24.3 Å². The number of nitrogens with one attached hydrogen (secondary N) is 1. The summed E-state index contributed by atoms with van der Waals surface area (Å²) in [6.07, 6.45) is 6.38. The highest BCUT2D eigenvalue weighted by molar-refractivity contribution is 5.76. The van der Waals surface area contributed by atoms with E-state index in [1.165, 1.54) is 25.7 Å². The summed E-state index contributed by atoms with van der Waals surface area (Å²) >= 11 is 0. The fourth-order valence-corrected chi connectivity index (χ4v) is 2.81. The summed E-state index contributed by atoms with van der Waals surface area (Å²) in [5, 5.41) is 3.08. The zero-order chi connectivity index (χ0) is 13.7. The van der Waals surface area contributed by atoms with Gasteiger partial charge in [-0.2, -0.15) is 0 Å². The fourth-order valence-electron chi connectivity index (χ4n) is 2.81. The number of aryl methyl sites for hydroxylation is 1. The second-order valence-electron chi connectivity index (χ2n) is 6.04. The molecule has 1 saturated carbocycles. The average Bonchev–Trinajstić information content (AvgIpc) is 2.82. The Morgan fingerprint density at radius 2 is 2.11 bits per heavy atom. The van der Waals surface area contributed by atoms with E-state index in [2.05, 4.69) is 12.2 Å². The second kappa shape index (κ2) is 6.09. The van der Waals surface area contributed by atoms with Gasteiger partial charge in [-0.25, -0.2) is 0 Å². The minimum Gasteiger partial charge on any atom is -0.399 e. The third kappa shape index (κ3) is 4.27. The molecule has 19 heavy (non-hydrogen) atoms. The fraction of sp³-hybridized carbons (Fsp3) is 0.562. The van der Waals surface area contributed by atoms with E-state index < -0.39 is 0 Å². The Balaban J connectivity index is 1.73. The number of benzene rings is 1. The first-order valence-electron chi connectivity index (χ1n) is 7.19. The van der Waals surface area contributed by atoms with Gasteiger partial charge in [0.15, 0.2) is 0 Å². The minimum absolute atomic E-state index is 0.149. The molecular weight excluding hydrogens is 236 g/mol. The van der Waals surface area contributed by atoms with Gasteiger partial charge in [-0.15, -0.1) is 0 Å². The van der Waals surface area contributed by atoms with E-state index in [-0.39, 0.29) is 5.91 Å². The Kier molecular flexibility index (Phi) is 4.46. The molecule has 0 atom stereocenters. The van der Waals surface area contributed by atoms with Gasteiger partial charge in [0.05, 0.1) is 0 Å². The molecule has 1 aromatic rings. The third-order valence-electron chi connectivity index (χ3n) is 4.11. The summed E-state index contributed by atoms with van der Waals surface area (Å²) in [6, 6.07) is 7.75. The Morgan fingerprint density at radius 1 is 1.37 bits per heavy atom. The van der Waals surface area contributed by atoms with Crippen molar-refractivity contribution >= 4 is 11.6 Å². The van der Waals surface area contributed by atoms with E-state index in [0.717, 1.165) is 24.2 Å². The number of nitrogen functional groups attached to an aromatic ring is 1. The number of rotatable bonds is 5. The minimum atomic E-state index is 0.149. The molecule has 1 aromatic carbocycles. The molecule has 1 fully saturated rings. The van der Waals surface area contributed by atoms with Gasteiger partial charge in [0.2, 0.25) is 5.91 Å². The van der Waals surface area contributed by atoms with Crippen molar-refractivity contribution in [2.75, 3.05) is 12.3 Å². The van der Waals surface area contributed by atoms with E-state index >= 15 is 0 Å². The van der Waals surface area contributed by atoms with Crippen LogP contribution in [-0.4, -0.2) is 12.5 Å². The molecule has 0 heterocycles. The van der Waals surface area contributed by atoms with Crippen LogP contribution in [-0.2, 0) is 11.2 Å². The van der Waals surface area contributed by atoms with Crippen LogP contribution in [0.5, 0.6) is 0 Å². The first kappa shape index (κ1) is 13.9. The summed E-state index contributed by atoms with van der Waals surface area (Å²) in [7, 11) is 0. The Hall–Kier alpha value is -1.51. The van der Waals surface area contributed by atoms with Crippen molar-refractivity contribution < 1.29 is 4.79 Å². The zero-order valence-corrected chi connectivity index (χ0v) is 11.7. The number of hydrogen-bond acceptors (Lipinski definition) is 2. The highest BCUT2D eigenvalue weighted by atomic mass is 16.1. The lowest BCUT2D eigenvalue weighted by Gasteiger charge is -2.23. The van der Waals surface area contributed by atoms with E-state index in [0.29, 0.717) is 11.8 Å². The van der Waals surface area contributed by atoms with E-state index in [1.807, 2.05) is 24.3 Å². The van der Waals surface area contributed by atoms with E-state index in [4.69, 9.17) is 5.73 Å². The van der Waals surface area contributed by atoms with Crippen LogP contribution in [0.4, 0.5) is 5.69 Å². The molecule has 0 aliphatic heterocycles. The number of amides is 1. The maximum absolute atomic E-state index is 11.9. The van der Waals surface area contributed by atoms with E-state index in [9.17, 15) is 4.79 Å². The molecule has 3 N–H and O–H groups in total. The SMILES string of the molecule is CC1(CNC(=O)CCc2cccc(N)c2)CCCC1. The summed E-state index contributed by atoms with van der Waals surface area (Å²) < 4.78 is 0. The molecule has 1 aliphatic carbocycles. The standard InChI is InChI=1S/C16H24N2O/c1-16(9-2-3-10-16)12-18-15(19)8-7-13-5-4-6-14(17)11-13/h4-6,11H,2-3,7-10,12,17H2,1H3,(H,18,19). The van der Waals surface area contributed by atoms with Gasteiger partial charge in [-0.05, 0) is 42.4 Å². The normalized spacial score (nSPS) is 17.3. The molecule has 1 amide bonds. The second-order valence-corrected chi connectivity index (χ2v) is 6.04. The number of hydrogen-bond donors (Lipinski definition) is 2. The van der Waals surface area contributed by atoms with Gasteiger partial charge in [0.1, 0.15) is 0 Å². The first-order valence-corrected chi connectivity index (χ1v) is 7.19. The molecular formula is C16H24N2O. The molecule has 104 valence electrons. The smallest absolute Gasteiger partial charge is 0.220 e. The first-order chi connectivity index (χ1) is 9.07. The molecule has 0 unspecified atom stereocenters. The molecule has 2 rings (SSSR count). The Labute approximate surface area is 115 Å². The highest BCUT2D eigenvalue weighted by Gasteiger charge is 2.28. The molecule has 3 nitrogen and oxygen atoms in total. The predicted octanol–water partition coefficient (Wildman–Crippen LogP) is 2.90. The van der Waals surface area contributed by atoms with Crippen molar-refractivity contribution in [2.45, 2.75) is 45.4 Å². The number of carbonyl (C=O) groups excluding carboxylic acids is 1. The van der Waals surface area contributed by atoms with Gasteiger partial charge in [-0.3, -0.25) is 4.79 Å². The van der Waals surface area contributed by atoms with Gasteiger partial charge >= 0.3 is 0 Å². The highest BCUT2D eigenvalue weighted by Crippen LogP contribution is 2.36. The predicted molar refractivity (Wildman–Crippen MR) is 78.8 cm³/mol. The topological polar surface area (TPSA) is 55.1 Å². The number of nitrogens with two attached hydrogens (primary N) is 1. The van der Waals surface area contributed by atoms with Gasteiger partial charge < -0.3 is 11.1 Å². The van der Waals surface area contributed by atoms with Crippen LogP contribution >= 0.6 is 0 Å². The van der Waals surface area contributed by atoms with Crippen LogP contribution in [0, 0.1) is 5.41 Å². The zero-order valence-electron chi connectivity index (χ0n) is 11.7. The van der Waals surface area contributed by atoms with Crippen LogP contribution in [0.3, 0.4) is 0 Å². The molecule has 1 aliphatic rings. The van der Waals surface area contributed by atoms with Crippen LogP contribution in [0.2, 0.25) is 0 Å². The molecule has 0 spiro atoms. The summed E-state index contributed by atoms with van der Waals surface area (Å²) in [5.41, 5.74) is 7.94. The Bertz CT molecular complexity index is 436. The van der Waals surface area contributed by atoms with Crippen molar-refractivity contribution in [3.8, 4) is 0 Å².